The van der Waals surface area contributed by atoms with E-state index in [0.29, 0.717) is 16.6 Å². The SMILES string of the molecule is CN(C(=O)Nc1cc[n+]([O-])nc1)C1CCCCC1. The molecule has 0 bridgehead atoms. The van der Waals surface area contributed by atoms with E-state index in [2.05, 4.69) is 10.4 Å². The van der Waals surface area contributed by atoms with Crippen LogP contribution in [0.25, 0.3) is 0 Å². The Bertz CT molecular complexity index is 401. The van der Waals surface area contributed by atoms with Gasteiger partial charge in [-0.1, -0.05) is 24.1 Å². The first-order chi connectivity index (χ1) is 8.66. The number of carbonyl (C=O) groups is 1. The average Bonchev–Trinajstić information content (AvgIpc) is 2.41. The summed E-state index contributed by atoms with van der Waals surface area (Å²) in [5, 5.41) is 17.0. The number of anilines is 1. The summed E-state index contributed by atoms with van der Waals surface area (Å²) >= 11 is 0. The van der Waals surface area contributed by atoms with Crippen LogP contribution in [0.4, 0.5) is 10.5 Å². The smallest absolute Gasteiger partial charge is 0.321 e. The molecule has 0 atom stereocenters. The summed E-state index contributed by atoms with van der Waals surface area (Å²) in [6, 6.07) is 1.71. The Morgan fingerprint density at radius 3 is 2.83 bits per heavy atom. The molecule has 1 heterocycles. The van der Waals surface area contributed by atoms with Crippen LogP contribution in [0.3, 0.4) is 0 Å². The molecule has 2 rings (SSSR count). The number of nitrogens with zero attached hydrogens (tertiary/aromatic N) is 3. The van der Waals surface area contributed by atoms with Crippen LogP contribution in [0.2, 0.25) is 0 Å². The van der Waals surface area contributed by atoms with E-state index in [9.17, 15) is 10.0 Å². The largest absolute Gasteiger partial charge is 0.594 e. The minimum atomic E-state index is -0.146. The van der Waals surface area contributed by atoms with Crippen molar-refractivity contribution in [3.63, 3.8) is 0 Å². The molecule has 0 aliphatic heterocycles. The number of carbonyl (C=O) groups excluding carboxylic acids is 1. The van der Waals surface area contributed by atoms with Crippen LogP contribution in [0.15, 0.2) is 18.5 Å². The average molecular weight is 250 g/mol. The van der Waals surface area contributed by atoms with Gasteiger partial charge in [-0.3, -0.25) is 0 Å². The fourth-order valence-electron chi connectivity index (χ4n) is 2.26. The number of hydrogen-bond acceptors (Lipinski definition) is 3. The molecular weight excluding hydrogens is 232 g/mol. The Balaban J connectivity index is 1.92. The molecular formula is C12H18N4O2. The van der Waals surface area contributed by atoms with E-state index >= 15 is 0 Å². The van der Waals surface area contributed by atoms with Gasteiger partial charge < -0.3 is 15.4 Å². The fourth-order valence-corrected chi connectivity index (χ4v) is 2.26. The molecule has 1 fully saturated rings. The van der Waals surface area contributed by atoms with Crippen molar-refractivity contribution >= 4 is 11.7 Å². The van der Waals surface area contributed by atoms with Gasteiger partial charge in [0.05, 0.1) is 5.69 Å². The zero-order chi connectivity index (χ0) is 13.0. The number of urea groups is 1. The monoisotopic (exact) mass is 250 g/mol. The van der Waals surface area contributed by atoms with Gasteiger partial charge in [0.15, 0.2) is 0 Å². The lowest BCUT2D eigenvalue weighted by molar-refractivity contribution is -0.669. The van der Waals surface area contributed by atoms with Gasteiger partial charge in [0, 0.05) is 24.3 Å². The lowest BCUT2D eigenvalue weighted by Crippen LogP contribution is -2.41. The minimum absolute atomic E-state index is 0.146. The first-order valence-corrected chi connectivity index (χ1v) is 6.26. The number of hydrogen-bond donors (Lipinski definition) is 1. The molecule has 0 spiro atoms. The summed E-state index contributed by atoms with van der Waals surface area (Å²) in [5.74, 6) is 0. The molecule has 0 aromatic carbocycles. The first-order valence-electron chi connectivity index (χ1n) is 6.26. The van der Waals surface area contributed by atoms with Crippen LogP contribution in [0.5, 0.6) is 0 Å². The van der Waals surface area contributed by atoms with Crippen molar-refractivity contribution in [2.24, 2.45) is 0 Å². The Kier molecular flexibility index (Phi) is 3.96. The van der Waals surface area contributed by atoms with Crippen LogP contribution in [0.1, 0.15) is 32.1 Å². The van der Waals surface area contributed by atoms with Crippen molar-refractivity contribution in [3.8, 4) is 0 Å². The minimum Gasteiger partial charge on any atom is -0.594 e. The summed E-state index contributed by atoms with van der Waals surface area (Å²) in [6.45, 7) is 0. The maximum absolute atomic E-state index is 12.0. The van der Waals surface area contributed by atoms with E-state index in [1.54, 1.807) is 4.90 Å². The summed E-state index contributed by atoms with van der Waals surface area (Å²) < 4.78 is 0. The summed E-state index contributed by atoms with van der Waals surface area (Å²) in [6.07, 6.45) is 8.37. The normalized spacial score (nSPS) is 16.3. The summed E-state index contributed by atoms with van der Waals surface area (Å²) in [5.41, 5.74) is 0.537. The second-order valence-electron chi connectivity index (χ2n) is 4.65. The third-order valence-electron chi connectivity index (χ3n) is 3.39. The van der Waals surface area contributed by atoms with Gasteiger partial charge in [0.1, 0.15) is 6.20 Å². The van der Waals surface area contributed by atoms with Gasteiger partial charge in [-0.2, -0.15) is 0 Å². The van der Waals surface area contributed by atoms with Gasteiger partial charge in [-0.15, -0.1) is 0 Å². The third kappa shape index (κ3) is 3.09. The molecule has 1 aliphatic rings. The molecule has 98 valence electrons. The van der Waals surface area contributed by atoms with Gasteiger partial charge in [-0.25, -0.2) is 4.79 Å². The van der Waals surface area contributed by atoms with E-state index in [0.717, 1.165) is 12.8 Å². The standard InChI is InChI=1S/C12H18N4O2/c1-15(11-5-3-2-4-6-11)12(17)14-10-7-8-16(18)13-9-10/h7-9,11H,2-6H2,1H3,(H,14,17). The highest BCUT2D eigenvalue weighted by Gasteiger charge is 2.22. The predicted octanol–water partition coefficient (Wildman–Crippen LogP) is 1.51. The summed E-state index contributed by atoms with van der Waals surface area (Å²) in [4.78, 5) is 14.2. The maximum atomic E-state index is 12.0. The van der Waals surface area contributed by atoms with E-state index in [1.807, 2.05) is 7.05 Å². The lowest BCUT2D eigenvalue weighted by atomic mass is 9.95. The Hall–Kier alpha value is -1.85. The molecule has 0 saturated heterocycles. The van der Waals surface area contributed by atoms with Gasteiger partial charge in [0.2, 0.25) is 6.20 Å². The van der Waals surface area contributed by atoms with Crippen LogP contribution in [-0.4, -0.2) is 29.1 Å². The number of aromatic nitrogens is 2. The van der Waals surface area contributed by atoms with Crippen molar-refractivity contribution in [3.05, 3.63) is 23.7 Å². The van der Waals surface area contributed by atoms with Crippen molar-refractivity contribution in [2.45, 2.75) is 38.1 Å². The Morgan fingerprint density at radius 2 is 2.22 bits per heavy atom. The highest BCUT2D eigenvalue weighted by molar-refractivity contribution is 5.89. The Labute approximate surface area is 106 Å². The summed E-state index contributed by atoms with van der Waals surface area (Å²) in [7, 11) is 1.81. The second-order valence-corrected chi connectivity index (χ2v) is 4.65. The Morgan fingerprint density at radius 1 is 1.50 bits per heavy atom. The highest BCUT2D eigenvalue weighted by Crippen LogP contribution is 2.22. The topological polar surface area (TPSA) is 72.2 Å². The molecule has 6 heteroatoms. The number of amides is 2. The molecule has 1 aromatic rings. The van der Waals surface area contributed by atoms with Gasteiger partial charge in [-0.05, 0) is 12.8 Å². The van der Waals surface area contributed by atoms with Crippen molar-refractivity contribution in [1.29, 1.82) is 0 Å². The molecule has 0 unspecified atom stereocenters. The molecule has 1 saturated carbocycles. The highest BCUT2D eigenvalue weighted by atomic mass is 16.5. The van der Waals surface area contributed by atoms with Crippen molar-refractivity contribution in [1.82, 2.24) is 10.00 Å². The fraction of sp³-hybridized carbons (Fsp3) is 0.583. The van der Waals surface area contributed by atoms with Crippen LogP contribution in [-0.2, 0) is 0 Å². The zero-order valence-corrected chi connectivity index (χ0v) is 10.5. The van der Waals surface area contributed by atoms with E-state index in [1.165, 1.54) is 37.7 Å². The van der Waals surface area contributed by atoms with E-state index in [-0.39, 0.29) is 6.03 Å². The van der Waals surface area contributed by atoms with Crippen molar-refractivity contribution in [2.75, 3.05) is 12.4 Å². The quantitative estimate of drug-likeness (QED) is 0.638. The third-order valence-corrected chi connectivity index (χ3v) is 3.39. The maximum Gasteiger partial charge on any atom is 0.321 e. The molecule has 0 radical (unpaired) electrons. The first kappa shape index (κ1) is 12.6. The zero-order valence-electron chi connectivity index (χ0n) is 10.5. The second kappa shape index (κ2) is 5.66. The predicted molar refractivity (Wildman–Crippen MR) is 66.9 cm³/mol. The van der Waals surface area contributed by atoms with Crippen LogP contribution in [0, 0.1) is 5.21 Å². The molecule has 2 amide bonds. The van der Waals surface area contributed by atoms with Crippen LogP contribution >= 0.6 is 0 Å². The molecule has 6 nitrogen and oxygen atoms in total. The number of nitrogens with one attached hydrogen (secondary N) is 1. The van der Waals surface area contributed by atoms with E-state index in [4.69, 9.17) is 0 Å². The molecule has 1 N–H and O–H groups in total. The molecule has 1 aromatic heterocycles. The molecule has 18 heavy (non-hydrogen) atoms. The van der Waals surface area contributed by atoms with E-state index < -0.39 is 0 Å². The molecule has 1 aliphatic carbocycles. The van der Waals surface area contributed by atoms with Crippen molar-refractivity contribution < 1.29 is 9.64 Å². The van der Waals surface area contributed by atoms with Crippen LogP contribution < -0.4 is 10.2 Å². The van der Waals surface area contributed by atoms with Gasteiger partial charge >= 0.3 is 6.03 Å². The van der Waals surface area contributed by atoms with Gasteiger partial charge in [0.25, 0.3) is 0 Å². The lowest BCUT2D eigenvalue weighted by Gasteiger charge is -2.31. The number of rotatable bonds is 2.